The molecule has 0 radical (unpaired) electrons. The van der Waals surface area contributed by atoms with E-state index in [1.165, 1.54) is 29.1 Å². The van der Waals surface area contributed by atoms with E-state index in [0.29, 0.717) is 31.8 Å². The van der Waals surface area contributed by atoms with Gasteiger partial charge in [-0.3, -0.25) is 9.69 Å². The number of hydrogen-bond acceptors (Lipinski definition) is 5. The maximum absolute atomic E-state index is 12.9. The predicted octanol–water partition coefficient (Wildman–Crippen LogP) is 3.84. The highest BCUT2D eigenvalue weighted by Crippen LogP contribution is 2.50. The van der Waals surface area contributed by atoms with Crippen LogP contribution in [0.2, 0.25) is 5.15 Å². The number of hydrogen-bond donors (Lipinski definition) is 0. The van der Waals surface area contributed by atoms with Gasteiger partial charge in [-0.25, -0.2) is 13.8 Å². The minimum atomic E-state index is -2.54. The molecular formula is C18H16ClF2N3O2S2. The maximum atomic E-state index is 12.9. The van der Waals surface area contributed by atoms with Gasteiger partial charge in [0.15, 0.2) is 17.5 Å². The fourth-order valence-corrected chi connectivity index (χ4v) is 4.95. The van der Waals surface area contributed by atoms with Gasteiger partial charge in [-0.05, 0) is 6.07 Å². The van der Waals surface area contributed by atoms with Crippen LogP contribution in [-0.4, -0.2) is 34.9 Å². The Morgan fingerprint density at radius 1 is 1.61 bits per heavy atom. The lowest BCUT2D eigenvalue weighted by Gasteiger charge is -2.18. The van der Waals surface area contributed by atoms with E-state index >= 15 is 0 Å². The third kappa shape index (κ3) is 4.93. The molecule has 5 nitrogen and oxygen atoms in total. The second-order valence-corrected chi connectivity index (χ2v) is 8.72. The van der Waals surface area contributed by atoms with Crippen molar-refractivity contribution in [2.24, 2.45) is 5.92 Å². The summed E-state index contributed by atoms with van der Waals surface area (Å²) >= 11 is 8.71. The van der Waals surface area contributed by atoms with Crippen LogP contribution in [-0.2, 0) is 4.79 Å². The first-order valence-electron chi connectivity index (χ1n) is 8.36. The van der Waals surface area contributed by atoms with Crippen LogP contribution in [0.3, 0.4) is 0 Å². The van der Waals surface area contributed by atoms with Crippen molar-refractivity contribution in [3.63, 3.8) is 0 Å². The summed E-state index contributed by atoms with van der Waals surface area (Å²) in [7, 11) is 0. The number of carbonyl (C=O) groups is 1. The summed E-state index contributed by atoms with van der Waals surface area (Å²) in [5.74, 6) is -0.191. The Bertz CT molecular complexity index is 916. The zero-order chi connectivity index (χ0) is 20.3. The van der Waals surface area contributed by atoms with Gasteiger partial charge in [-0.2, -0.15) is 16.5 Å². The molecule has 10 heteroatoms. The van der Waals surface area contributed by atoms with Gasteiger partial charge in [0.2, 0.25) is 5.91 Å². The molecule has 0 aliphatic heterocycles. The summed E-state index contributed by atoms with van der Waals surface area (Å²) in [5.41, 5.74) is 0.574. The largest absolute Gasteiger partial charge is 0.619 e. The van der Waals surface area contributed by atoms with Gasteiger partial charge >= 0.3 is 0 Å². The van der Waals surface area contributed by atoms with Gasteiger partial charge in [0, 0.05) is 36.3 Å². The fraction of sp³-hybridized carbons (Fsp3) is 0.389. The first-order chi connectivity index (χ1) is 13.3. The lowest BCUT2D eigenvalue weighted by Crippen LogP contribution is -2.31. The van der Waals surface area contributed by atoms with E-state index in [1.807, 2.05) is 0 Å². The van der Waals surface area contributed by atoms with Crippen LogP contribution >= 0.6 is 34.7 Å². The zero-order valence-corrected chi connectivity index (χ0v) is 17.0. The molecule has 1 amide bonds. The van der Waals surface area contributed by atoms with Crippen LogP contribution in [0.1, 0.15) is 12.8 Å². The first kappa shape index (κ1) is 20.8. The number of alkyl halides is 2. The van der Waals surface area contributed by atoms with E-state index in [1.54, 1.807) is 12.1 Å². The van der Waals surface area contributed by atoms with Crippen molar-refractivity contribution in [3.8, 4) is 22.9 Å². The van der Waals surface area contributed by atoms with Gasteiger partial charge in [0.25, 0.3) is 5.92 Å². The molecular weight excluding hydrogens is 428 g/mol. The van der Waals surface area contributed by atoms with Crippen LogP contribution < -0.4 is 9.63 Å². The van der Waals surface area contributed by atoms with Crippen LogP contribution in [0.4, 0.5) is 13.8 Å². The standard InChI is InChI=1S/C18H16ClF2N3O2S2/c1-2-6-24(14(25)5-8-27-11-13-9-18(13,20)21)17-15(19)22-16(28-17)12-4-3-7-23(26)10-12/h1,3-4,7,10,13H,5-6,8-9,11H2. The summed E-state index contributed by atoms with van der Waals surface area (Å²) in [4.78, 5) is 18.2. The summed E-state index contributed by atoms with van der Waals surface area (Å²) < 4.78 is 26.4. The third-order valence-corrected chi connectivity index (χ3v) is 6.76. The van der Waals surface area contributed by atoms with Gasteiger partial charge in [0.1, 0.15) is 10.0 Å². The molecule has 2 aromatic rings. The summed E-state index contributed by atoms with van der Waals surface area (Å²) in [6.07, 6.45) is 8.18. The molecule has 2 aromatic heterocycles. The molecule has 0 N–H and O–H groups in total. The molecule has 1 aliphatic carbocycles. The normalized spacial score (nSPS) is 17.1. The molecule has 1 fully saturated rings. The van der Waals surface area contributed by atoms with Crippen molar-refractivity contribution in [1.82, 2.24) is 4.98 Å². The number of thioether (sulfide) groups is 1. The highest BCUT2D eigenvalue weighted by molar-refractivity contribution is 7.99. The number of anilines is 1. The second-order valence-electron chi connectivity index (χ2n) is 6.24. The van der Waals surface area contributed by atoms with Crippen molar-refractivity contribution < 1.29 is 18.3 Å². The predicted molar refractivity (Wildman–Crippen MR) is 108 cm³/mol. The molecule has 0 bridgehead atoms. The molecule has 1 unspecified atom stereocenters. The minimum Gasteiger partial charge on any atom is -0.619 e. The van der Waals surface area contributed by atoms with Crippen molar-refractivity contribution >= 4 is 45.6 Å². The smallest absolute Gasteiger partial charge is 0.252 e. The number of nitrogens with zero attached hydrogens (tertiary/aromatic N) is 3. The van der Waals surface area contributed by atoms with Gasteiger partial charge < -0.3 is 5.21 Å². The number of pyridine rings is 1. The van der Waals surface area contributed by atoms with Crippen LogP contribution in [0, 0.1) is 23.5 Å². The fourth-order valence-electron chi connectivity index (χ4n) is 2.50. The van der Waals surface area contributed by atoms with Crippen molar-refractivity contribution in [3.05, 3.63) is 34.9 Å². The summed E-state index contributed by atoms with van der Waals surface area (Å²) in [6, 6.07) is 3.30. The number of rotatable bonds is 8. The molecule has 0 aromatic carbocycles. The average molecular weight is 444 g/mol. The molecule has 148 valence electrons. The highest BCUT2D eigenvalue weighted by atomic mass is 35.5. The molecule has 1 saturated carbocycles. The topological polar surface area (TPSA) is 60.1 Å². The van der Waals surface area contributed by atoms with Crippen LogP contribution in [0.5, 0.6) is 0 Å². The SMILES string of the molecule is C#CCN(C(=O)CCSCC1CC1(F)F)c1sc(-c2ccc[n+]([O-])c2)nc1Cl. The van der Waals surface area contributed by atoms with E-state index in [2.05, 4.69) is 10.9 Å². The molecule has 28 heavy (non-hydrogen) atoms. The Morgan fingerprint density at radius 2 is 2.36 bits per heavy atom. The summed E-state index contributed by atoms with van der Waals surface area (Å²) in [5, 5.41) is 12.5. The van der Waals surface area contributed by atoms with Crippen molar-refractivity contribution in [2.45, 2.75) is 18.8 Å². The molecule has 1 atom stereocenters. The van der Waals surface area contributed by atoms with Crippen molar-refractivity contribution in [2.75, 3.05) is 23.0 Å². The maximum Gasteiger partial charge on any atom is 0.252 e. The van der Waals surface area contributed by atoms with E-state index in [-0.39, 0.29) is 30.4 Å². The van der Waals surface area contributed by atoms with Crippen LogP contribution in [0.25, 0.3) is 10.6 Å². The van der Waals surface area contributed by atoms with E-state index in [9.17, 15) is 18.8 Å². The van der Waals surface area contributed by atoms with E-state index in [4.69, 9.17) is 18.0 Å². The number of amides is 1. The lowest BCUT2D eigenvalue weighted by atomic mass is 10.3. The number of terminal acetylenes is 1. The Labute approximate surface area is 174 Å². The van der Waals surface area contributed by atoms with E-state index < -0.39 is 11.8 Å². The molecule has 0 saturated heterocycles. The van der Waals surface area contributed by atoms with Gasteiger partial charge in [-0.15, -0.1) is 6.42 Å². The molecule has 0 spiro atoms. The molecule has 2 heterocycles. The molecule has 3 rings (SSSR count). The van der Waals surface area contributed by atoms with Crippen LogP contribution in [0.15, 0.2) is 24.5 Å². The number of aromatic nitrogens is 2. The number of halogens is 3. The van der Waals surface area contributed by atoms with Crippen molar-refractivity contribution in [1.29, 1.82) is 0 Å². The number of thiazole rings is 1. The monoisotopic (exact) mass is 443 g/mol. The molecule has 1 aliphatic rings. The average Bonchev–Trinajstić information content (AvgIpc) is 3.07. The second kappa shape index (κ2) is 8.64. The third-order valence-electron chi connectivity index (χ3n) is 4.12. The van der Waals surface area contributed by atoms with E-state index in [0.717, 1.165) is 11.3 Å². The number of carbonyl (C=O) groups excluding carboxylic acids is 1. The van der Waals surface area contributed by atoms with Gasteiger partial charge in [0.05, 0.1) is 12.1 Å². The zero-order valence-electron chi connectivity index (χ0n) is 14.6. The minimum absolute atomic E-state index is 0.0158. The Morgan fingerprint density at radius 3 is 3.00 bits per heavy atom. The lowest BCUT2D eigenvalue weighted by molar-refractivity contribution is -0.604. The Hall–Kier alpha value is -1.89. The Balaban J connectivity index is 1.66. The first-order valence-corrected chi connectivity index (χ1v) is 10.7. The highest BCUT2D eigenvalue weighted by Gasteiger charge is 2.56. The Kier molecular flexibility index (Phi) is 6.43. The quantitative estimate of drug-likeness (QED) is 0.269. The van der Waals surface area contributed by atoms with Gasteiger partial charge in [-0.1, -0.05) is 28.9 Å². The summed E-state index contributed by atoms with van der Waals surface area (Å²) in [6.45, 7) is 0.0158.